The number of carbonyl (C=O) groups excluding carboxylic acids is 2. The van der Waals surface area contributed by atoms with E-state index in [1.54, 1.807) is 23.1 Å². The summed E-state index contributed by atoms with van der Waals surface area (Å²) in [6, 6.07) is 16.4. The minimum Gasteiger partial charge on any atom is -0.383 e. The van der Waals surface area contributed by atoms with Crippen LogP contribution in [0.3, 0.4) is 0 Å². The zero-order valence-electron chi connectivity index (χ0n) is 13.6. The summed E-state index contributed by atoms with van der Waals surface area (Å²) in [5, 5.41) is 10.7. The van der Waals surface area contributed by atoms with Crippen LogP contribution in [-0.2, 0) is 16.0 Å². The first kappa shape index (κ1) is 17.5. The molecule has 1 saturated heterocycles. The largest absolute Gasteiger partial charge is 0.383 e. The standard InChI is InChI=1S/C19H19ClN2O3/c20-15-8-4-5-9-16(15)22-11-10-21(13-18(22)24)19(25)17(23)12-14-6-2-1-3-7-14/h1-9,17,23H,10-13H2. The number of benzene rings is 2. The molecule has 2 amide bonds. The molecular weight excluding hydrogens is 340 g/mol. The van der Waals surface area contributed by atoms with Gasteiger partial charge in [0.25, 0.3) is 5.91 Å². The summed E-state index contributed by atoms with van der Waals surface area (Å²) in [5.74, 6) is -0.629. The second-order valence-electron chi connectivity index (χ2n) is 5.96. The molecule has 0 bridgehead atoms. The number of amides is 2. The predicted octanol–water partition coefficient (Wildman–Crippen LogP) is 2.12. The lowest BCUT2D eigenvalue weighted by molar-refractivity contribution is -0.144. The molecule has 1 N–H and O–H groups in total. The fraction of sp³-hybridized carbons (Fsp3) is 0.263. The van der Waals surface area contributed by atoms with E-state index in [2.05, 4.69) is 0 Å². The Labute approximate surface area is 151 Å². The molecule has 1 heterocycles. The van der Waals surface area contributed by atoms with Gasteiger partial charge in [-0.05, 0) is 17.7 Å². The summed E-state index contributed by atoms with van der Waals surface area (Å²) in [7, 11) is 0. The zero-order chi connectivity index (χ0) is 17.8. The number of rotatable bonds is 4. The number of aliphatic hydroxyl groups excluding tert-OH is 1. The minimum atomic E-state index is -1.15. The highest BCUT2D eigenvalue weighted by Gasteiger charge is 2.31. The molecule has 1 aliphatic heterocycles. The molecule has 0 aromatic heterocycles. The van der Waals surface area contributed by atoms with E-state index in [1.165, 1.54) is 4.90 Å². The number of carbonyl (C=O) groups is 2. The molecule has 25 heavy (non-hydrogen) atoms. The van der Waals surface area contributed by atoms with E-state index in [9.17, 15) is 14.7 Å². The summed E-state index contributed by atoms with van der Waals surface area (Å²) >= 11 is 6.15. The Bertz CT molecular complexity index is 766. The lowest BCUT2D eigenvalue weighted by Crippen LogP contribution is -2.54. The van der Waals surface area contributed by atoms with Crippen molar-refractivity contribution < 1.29 is 14.7 Å². The van der Waals surface area contributed by atoms with Crippen LogP contribution in [0.1, 0.15) is 5.56 Å². The molecule has 0 spiro atoms. The van der Waals surface area contributed by atoms with E-state index in [-0.39, 0.29) is 18.9 Å². The van der Waals surface area contributed by atoms with Crippen LogP contribution in [0, 0.1) is 0 Å². The molecule has 5 nitrogen and oxygen atoms in total. The van der Waals surface area contributed by atoms with Crippen LogP contribution in [0.25, 0.3) is 0 Å². The highest BCUT2D eigenvalue weighted by Crippen LogP contribution is 2.26. The predicted molar refractivity (Wildman–Crippen MR) is 96.5 cm³/mol. The molecule has 3 rings (SSSR count). The fourth-order valence-corrected chi connectivity index (χ4v) is 3.16. The number of halogens is 1. The lowest BCUT2D eigenvalue weighted by atomic mass is 10.1. The number of hydrogen-bond donors (Lipinski definition) is 1. The Hall–Kier alpha value is -2.37. The van der Waals surface area contributed by atoms with Gasteiger partial charge >= 0.3 is 0 Å². The Balaban J connectivity index is 1.63. The van der Waals surface area contributed by atoms with E-state index in [0.717, 1.165) is 5.56 Å². The van der Waals surface area contributed by atoms with Crippen LogP contribution in [-0.4, -0.2) is 47.6 Å². The first-order chi connectivity index (χ1) is 12.1. The number of para-hydroxylation sites is 1. The van der Waals surface area contributed by atoms with Gasteiger partial charge in [0, 0.05) is 19.5 Å². The van der Waals surface area contributed by atoms with Gasteiger partial charge in [-0.2, -0.15) is 0 Å². The molecule has 2 aromatic rings. The van der Waals surface area contributed by atoms with Crippen LogP contribution < -0.4 is 4.90 Å². The van der Waals surface area contributed by atoms with Crippen molar-refractivity contribution in [3.05, 3.63) is 65.2 Å². The second-order valence-corrected chi connectivity index (χ2v) is 6.37. The maximum atomic E-state index is 12.4. The highest BCUT2D eigenvalue weighted by molar-refractivity contribution is 6.33. The van der Waals surface area contributed by atoms with Crippen LogP contribution >= 0.6 is 11.6 Å². The van der Waals surface area contributed by atoms with Gasteiger partial charge in [-0.15, -0.1) is 0 Å². The maximum absolute atomic E-state index is 12.4. The van der Waals surface area contributed by atoms with Crippen LogP contribution in [0.5, 0.6) is 0 Å². The summed E-state index contributed by atoms with van der Waals surface area (Å²) in [4.78, 5) is 27.9. The topological polar surface area (TPSA) is 60.9 Å². The van der Waals surface area contributed by atoms with Gasteiger partial charge in [-0.1, -0.05) is 54.1 Å². The summed E-state index contributed by atoms with van der Waals surface area (Å²) in [6.45, 7) is 0.657. The van der Waals surface area contributed by atoms with Crippen molar-refractivity contribution in [3.63, 3.8) is 0 Å². The number of nitrogens with zero attached hydrogens (tertiary/aromatic N) is 2. The molecule has 1 atom stereocenters. The van der Waals surface area contributed by atoms with Gasteiger partial charge in [-0.25, -0.2) is 0 Å². The van der Waals surface area contributed by atoms with Gasteiger partial charge in [0.05, 0.1) is 10.7 Å². The van der Waals surface area contributed by atoms with Crippen molar-refractivity contribution >= 4 is 29.1 Å². The molecule has 6 heteroatoms. The molecular formula is C19H19ClN2O3. The van der Waals surface area contributed by atoms with Crippen molar-refractivity contribution in [1.29, 1.82) is 0 Å². The number of anilines is 1. The third-order valence-corrected chi connectivity index (χ3v) is 4.55. The van der Waals surface area contributed by atoms with Crippen molar-refractivity contribution in [2.24, 2.45) is 0 Å². The Kier molecular flexibility index (Phi) is 5.36. The lowest BCUT2D eigenvalue weighted by Gasteiger charge is -2.35. The second kappa shape index (κ2) is 7.68. The van der Waals surface area contributed by atoms with Crippen LogP contribution in [0.2, 0.25) is 5.02 Å². The molecule has 0 aliphatic carbocycles. The molecule has 130 valence electrons. The van der Waals surface area contributed by atoms with Crippen molar-refractivity contribution in [3.8, 4) is 0 Å². The average molecular weight is 359 g/mol. The normalized spacial score (nSPS) is 16.0. The zero-order valence-corrected chi connectivity index (χ0v) is 14.4. The molecule has 2 aromatic carbocycles. The molecule has 1 fully saturated rings. The first-order valence-corrected chi connectivity index (χ1v) is 8.49. The quantitative estimate of drug-likeness (QED) is 0.910. The fourth-order valence-electron chi connectivity index (χ4n) is 2.92. The average Bonchev–Trinajstić information content (AvgIpc) is 2.62. The number of hydrogen-bond acceptors (Lipinski definition) is 3. The monoisotopic (exact) mass is 358 g/mol. The first-order valence-electron chi connectivity index (χ1n) is 8.12. The van der Waals surface area contributed by atoms with E-state index in [0.29, 0.717) is 23.8 Å². The van der Waals surface area contributed by atoms with Crippen molar-refractivity contribution in [1.82, 2.24) is 4.90 Å². The van der Waals surface area contributed by atoms with Gasteiger partial charge in [0.1, 0.15) is 12.6 Å². The number of piperazine rings is 1. The highest BCUT2D eigenvalue weighted by atomic mass is 35.5. The Morgan fingerprint density at radius 3 is 2.44 bits per heavy atom. The maximum Gasteiger partial charge on any atom is 0.252 e. The third kappa shape index (κ3) is 4.00. The van der Waals surface area contributed by atoms with Gasteiger partial charge in [-0.3, -0.25) is 9.59 Å². The van der Waals surface area contributed by atoms with E-state index < -0.39 is 12.0 Å². The molecule has 1 aliphatic rings. The molecule has 0 saturated carbocycles. The van der Waals surface area contributed by atoms with Crippen molar-refractivity contribution in [2.45, 2.75) is 12.5 Å². The smallest absolute Gasteiger partial charge is 0.252 e. The van der Waals surface area contributed by atoms with Gasteiger partial charge < -0.3 is 14.9 Å². The molecule has 0 radical (unpaired) electrons. The van der Waals surface area contributed by atoms with Gasteiger partial charge in [0.2, 0.25) is 5.91 Å². The molecule has 1 unspecified atom stereocenters. The summed E-state index contributed by atoms with van der Waals surface area (Å²) < 4.78 is 0. The van der Waals surface area contributed by atoms with E-state index >= 15 is 0 Å². The van der Waals surface area contributed by atoms with Crippen LogP contribution in [0.15, 0.2) is 54.6 Å². The Morgan fingerprint density at radius 1 is 1.08 bits per heavy atom. The summed E-state index contributed by atoms with van der Waals surface area (Å²) in [5.41, 5.74) is 1.52. The Morgan fingerprint density at radius 2 is 1.76 bits per heavy atom. The van der Waals surface area contributed by atoms with Crippen LogP contribution in [0.4, 0.5) is 5.69 Å². The van der Waals surface area contributed by atoms with Crippen molar-refractivity contribution in [2.75, 3.05) is 24.5 Å². The van der Waals surface area contributed by atoms with Gasteiger partial charge in [0.15, 0.2) is 0 Å². The van der Waals surface area contributed by atoms with E-state index in [4.69, 9.17) is 11.6 Å². The number of aliphatic hydroxyl groups is 1. The van der Waals surface area contributed by atoms with E-state index in [1.807, 2.05) is 36.4 Å². The SMILES string of the molecule is O=C(C(O)Cc1ccccc1)N1CCN(c2ccccc2Cl)C(=O)C1. The minimum absolute atomic E-state index is 0.0596. The summed E-state index contributed by atoms with van der Waals surface area (Å²) in [6.07, 6.45) is -0.916. The third-order valence-electron chi connectivity index (χ3n) is 4.23.